The minimum Gasteiger partial charge on any atom is -0.356 e. The summed E-state index contributed by atoms with van der Waals surface area (Å²) in [5.41, 5.74) is 1.26. The first-order chi connectivity index (χ1) is 17.3. The number of aryl methyl sites for hydroxylation is 2. The molecule has 4 atom stereocenters. The number of piperidine rings is 1. The van der Waals surface area contributed by atoms with E-state index in [-0.39, 0.29) is 5.92 Å². The highest BCUT2D eigenvalue weighted by atomic mass is 19.4. The summed E-state index contributed by atoms with van der Waals surface area (Å²) in [6.07, 6.45) is 3.53. The second kappa shape index (κ2) is 9.16. The van der Waals surface area contributed by atoms with E-state index in [1.807, 2.05) is 11.6 Å². The molecule has 1 aromatic carbocycles. The van der Waals surface area contributed by atoms with Gasteiger partial charge in [-0.2, -0.15) is 18.3 Å². The fourth-order valence-corrected chi connectivity index (χ4v) is 6.55. The number of halogens is 3. The Hall–Kier alpha value is -2.97. The molecule has 3 aliphatic rings. The van der Waals surface area contributed by atoms with Crippen LogP contribution in [0, 0.1) is 24.7 Å². The van der Waals surface area contributed by atoms with Crippen LogP contribution >= 0.6 is 0 Å². The number of alkyl halides is 3. The van der Waals surface area contributed by atoms with Gasteiger partial charge in [-0.05, 0) is 68.1 Å². The van der Waals surface area contributed by atoms with Gasteiger partial charge in [0.05, 0.1) is 5.56 Å². The van der Waals surface area contributed by atoms with Crippen LogP contribution in [0.1, 0.15) is 66.5 Å². The Balaban J connectivity index is 1.20. The van der Waals surface area contributed by atoms with Gasteiger partial charge < -0.3 is 4.90 Å². The Kier molecular flexibility index (Phi) is 5.96. The van der Waals surface area contributed by atoms with E-state index in [9.17, 15) is 13.2 Å². The molecule has 1 saturated carbocycles. The Morgan fingerprint density at radius 3 is 2.42 bits per heavy atom. The molecular weight excluding hydrogens is 465 g/mol. The molecule has 0 radical (unpaired) electrons. The van der Waals surface area contributed by atoms with Gasteiger partial charge in [-0.1, -0.05) is 18.6 Å². The highest BCUT2D eigenvalue weighted by Gasteiger charge is 2.43. The van der Waals surface area contributed by atoms with E-state index in [1.165, 1.54) is 25.0 Å². The summed E-state index contributed by atoms with van der Waals surface area (Å²) in [4.78, 5) is 16.2. The van der Waals surface area contributed by atoms with Crippen molar-refractivity contribution in [1.82, 2.24) is 24.7 Å². The number of benzene rings is 1. The SMILES string of the molecule is Cc1cc(N2C[C@H]3CC[C@@H](C2)C3Cc2nc3n(n2)CCCC[C@H]3c2ccc(C(F)(F)F)cc2)ncn1. The average molecular weight is 497 g/mol. The lowest BCUT2D eigenvalue weighted by Crippen LogP contribution is -2.43. The van der Waals surface area contributed by atoms with Crippen LogP contribution < -0.4 is 4.90 Å². The minimum atomic E-state index is -4.32. The molecule has 3 aromatic rings. The van der Waals surface area contributed by atoms with Crippen LogP contribution in [0.3, 0.4) is 0 Å². The van der Waals surface area contributed by atoms with E-state index in [2.05, 4.69) is 20.9 Å². The number of hydrogen-bond donors (Lipinski definition) is 0. The lowest BCUT2D eigenvalue weighted by atomic mass is 9.82. The molecule has 2 bridgehead atoms. The van der Waals surface area contributed by atoms with Crippen molar-refractivity contribution in [3.8, 4) is 0 Å². The van der Waals surface area contributed by atoms with Gasteiger partial charge in [-0.25, -0.2) is 19.6 Å². The zero-order chi connectivity index (χ0) is 24.9. The van der Waals surface area contributed by atoms with Crippen LogP contribution in [0.5, 0.6) is 0 Å². The zero-order valence-electron chi connectivity index (χ0n) is 20.5. The maximum absolute atomic E-state index is 13.1. The summed E-state index contributed by atoms with van der Waals surface area (Å²) < 4.78 is 41.2. The Labute approximate surface area is 209 Å². The lowest BCUT2D eigenvalue weighted by molar-refractivity contribution is -0.137. The fourth-order valence-electron chi connectivity index (χ4n) is 6.55. The van der Waals surface area contributed by atoms with E-state index in [0.717, 1.165) is 74.0 Å². The summed E-state index contributed by atoms with van der Waals surface area (Å²) in [6, 6.07) is 7.67. The molecule has 9 heteroatoms. The van der Waals surface area contributed by atoms with Gasteiger partial charge in [0.2, 0.25) is 0 Å². The van der Waals surface area contributed by atoms with Gasteiger partial charge in [-0.3, -0.25) is 0 Å². The number of fused-ring (bicyclic) bond motifs is 3. The van der Waals surface area contributed by atoms with Crippen LogP contribution in [0.25, 0.3) is 0 Å². The van der Waals surface area contributed by atoms with Gasteiger partial charge in [0, 0.05) is 43.7 Å². The van der Waals surface area contributed by atoms with E-state index < -0.39 is 11.7 Å². The molecule has 2 aliphatic heterocycles. The van der Waals surface area contributed by atoms with Crippen molar-refractivity contribution in [2.24, 2.45) is 17.8 Å². The van der Waals surface area contributed by atoms with Crippen LogP contribution in [-0.2, 0) is 19.1 Å². The third-order valence-corrected chi connectivity index (χ3v) is 8.37. The maximum Gasteiger partial charge on any atom is 0.416 e. The average Bonchev–Trinajstić information content (AvgIpc) is 3.25. The monoisotopic (exact) mass is 496 g/mol. The van der Waals surface area contributed by atoms with E-state index in [4.69, 9.17) is 10.1 Å². The molecule has 2 aromatic heterocycles. The van der Waals surface area contributed by atoms with Gasteiger partial charge in [-0.15, -0.1) is 0 Å². The van der Waals surface area contributed by atoms with Crippen molar-refractivity contribution < 1.29 is 13.2 Å². The molecule has 36 heavy (non-hydrogen) atoms. The first-order valence-electron chi connectivity index (χ1n) is 13.0. The molecule has 0 amide bonds. The minimum absolute atomic E-state index is 0.0180. The van der Waals surface area contributed by atoms with Crippen molar-refractivity contribution >= 4 is 5.82 Å². The Bertz CT molecular complexity index is 1210. The molecule has 4 heterocycles. The number of anilines is 1. The predicted octanol–water partition coefficient (Wildman–Crippen LogP) is 5.42. The van der Waals surface area contributed by atoms with Crippen LogP contribution in [0.2, 0.25) is 0 Å². The highest BCUT2D eigenvalue weighted by molar-refractivity contribution is 5.40. The van der Waals surface area contributed by atoms with Gasteiger partial charge >= 0.3 is 6.18 Å². The van der Waals surface area contributed by atoms with Gasteiger partial charge in [0.25, 0.3) is 0 Å². The zero-order valence-corrected chi connectivity index (χ0v) is 20.5. The van der Waals surface area contributed by atoms with Gasteiger partial charge in [0.15, 0.2) is 5.82 Å². The summed E-state index contributed by atoms with van der Waals surface area (Å²) in [6.45, 7) is 4.81. The molecule has 0 N–H and O–H groups in total. The smallest absolute Gasteiger partial charge is 0.356 e. The van der Waals surface area contributed by atoms with Crippen LogP contribution in [-0.4, -0.2) is 37.8 Å². The maximum atomic E-state index is 13.1. The molecule has 1 saturated heterocycles. The second-order valence-corrected chi connectivity index (χ2v) is 10.7. The predicted molar refractivity (Wildman–Crippen MR) is 130 cm³/mol. The van der Waals surface area contributed by atoms with Gasteiger partial charge in [0.1, 0.15) is 18.0 Å². The standard InChI is InChI=1S/C27H31F3N6/c1-17-12-25(32-16-31-17)35-14-19-5-6-20(15-35)23(19)13-24-33-26-22(4-2-3-11-36(26)34-24)18-7-9-21(10-8-18)27(28,29)30/h7-10,12,16,19-20,22-23H,2-6,11,13-15H2,1H3/t19-,20+,22-,23?/m0/s1. The van der Waals surface area contributed by atoms with Crippen molar-refractivity contribution in [1.29, 1.82) is 0 Å². The molecule has 2 fully saturated rings. The molecule has 190 valence electrons. The van der Waals surface area contributed by atoms with Crippen LogP contribution in [0.4, 0.5) is 19.0 Å². The lowest BCUT2D eigenvalue weighted by Gasteiger charge is -2.38. The van der Waals surface area contributed by atoms with Crippen molar-refractivity contribution in [2.75, 3.05) is 18.0 Å². The first-order valence-corrected chi connectivity index (χ1v) is 13.0. The Morgan fingerprint density at radius 1 is 0.972 bits per heavy atom. The number of hydrogen-bond acceptors (Lipinski definition) is 5. The van der Waals surface area contributed by atoms with E-state index in [1.54, 1.807) is 18.5 Å². The molecule has 6 rings (SSSR count). The Morgan fingerprint density at radius 2 is 1.72 bits per heavy atom. The third kappa shape index (κ3) is 4.48. The summed E-state index contributed by atoms with van der Waals surface area (Å²) >= 11 is 0. The topological polar surface area (TPSA) is 59.7 Å². The quantitative estimate of drug-likeness (QED) is 0.483. The summed E-state index contributed by atoms with van der Waals surface area (Å²) in [5, 5.41) is 4.91. The largest absolute Gasteiger partial charge is 0.416 e. The summed E-state index contributed by atoms with van der Waals surface area (Å²) in [5.74, 6) is 4.53. The molecule has 0 spiro atoms. The van der Waals surface area contributed by atoms with E-state index >= 15 is 0 Å². The number of rotatable bonds is 4. The highest BCUT2D eigenvalue weighted by Crippen LogP contribution is 2.44. The molecule has 1 aliphatic carbocycles. The molecule has 1 unspecified atom stereocenters. The van der Waals surface area contributed by atoms with Crippen molar-refractivity contribution in [2.45, 2.75) is 64.1 Å². The van der Waals surface area contributed by atoms with Crippen molar-refractivity contribution in [3.05, 3.63) is 65.1 Å². The second-order valence-electron chi connectivity index (χ2n) is 10.7. The van der Waals surface area contributed by atoms with E-state index in [0.29, 0.717) is 17.8 Å². The fraction of sp³-hybridized carbons (Fsp3) is 0.556. The van der Waals surface area contributed by atoms with Crippen molar-refractivity contribution in [3.63, 3.8) is 0 Å². The molecule has 6 nitrogen and oxygen atoms in total. The number of nitrogens with zero attached hydrogens (tertiary/aromatic N) is 6. The number of aromatic nitrogens is 5. The normalized spacial score (nSPS) is 26.1. The first kappa shape index (κ1) is 23.4. The molecular formula is C27H31F3N6. The van der Waals surface area contributed by atoms with Crippen LogP contribution in [0.15, 0.2) is 36.7 Å². The third-order valence-electron chi connectivity index (χ3n) is 8.37. The summed E-state index contributed by atoms with van der Waals surface area (Å²) in [7, 11) is 0.